The van der Waals surface area contributed by atoms with Crippen LogP contribution in [0.4, 0.5) is 0 Å². The summed E-state index contributed by atoms with van der Waals surface area (Å²) in [4.78, 5) is 0. The summed E-state index contributed by atoms with van der Waals surface area (Å²) in [6.45, 7) is 3.23. The third-order valence-corrected chi connectivity index (χ3v) is 2.10. The van der Waals surface area contributed by atoms with Gasteiger partial charge in [-0.15, -0.1) is 0 Å². The highest BCUT2D eigenvalue weighted by atomic mass is 16.6. The van der Waals surface area contributed by atoms with Gasteiger partial charge in [0.05, 0.1) is 12.7 Å². The molecule has 0 spiro atoms. The second kappa shape index (κ2) is 2.86. The molecule has 3 heteroatoms. The highest BCUT2D eigenvalue weighted by Crippen LogP contribution is 2.25. The molecule has 0 aromatic carbocycles. The topological polar surface area (TPSA) is 44.5 Å². The second-order valence-electron chi connectivity index (χ2n) is 2.92. The molecule has 1 rings (SSSR count). The molecule has 2 N–H and O–H groups in total. The van der Waals surface area contributed by atoms with E-state index in [9.17, 15) is 0 Å². The predicted molar refractivity (Wildman–Crippen MR) is 38.8 cm³/mol. The Morgan fingerprint density at radius 3 is 2.70 bits per heavy atom. The molecule has 3 nitrogen and oxygen atoms in total. The van der Waals surface area contributed by atoms with Gasteiger partial charge in [0, 0.05) is 20.1 Å². The Balaban J connectivity index is 2.51. The molecule has 0 radical (unpaired) electrons. The van der Waals surface area contributed by atoms with Gasteiger partial charge in [0.2, 0.25) is 0 Å². The van der Waals surface area contributed by atoms with Crippen molar-refractivity contribution in [3.8, 4) is 0 Å². The fraction of sp³-hybridized carbons (Fsp3) is 1.00. The highest BCUT2D eigenvalue weighted by Gasteiger charge is 2.37. The quantitative estimate of drug-likeness (QED) is 0.601. The van der Waals surface area contributed by atoms with Crippen molar-refractivity contribution in [2.75, 3.05) is 20.3 Å². The summed E-state index contributed by atoms with van der Waals surface area (Å²) in [5, 5.41) is 0. The van der Waals surface area contributed by atoms with Crippen molar-refractivity contribution in [1.82, 2.24) is 0 Å². The number of ether oxygens (including phenoxy) is 2. The third kappa shape index (κ3) is 1.31. The van der Waals surface area contributed by atoms with Crippen molar-refractivity contribution >= 4 is 0 Å². The Hall–Kier alpha value is -0.120. The van der Waals surface area contributed by atoms with E-state index in [2.05, 4.69) is 0 Å². The fourth-order valence-electron chi connectivity index (χ4n) is 1.30. The van der Waals surface area contributed by atoms with Gasteiger partial charge >= 0.3 is 0 Å². The van der Waals surface area contributed by atoms with Crippen LogP contribution < -0.4 is 5.73 Å². The first-order valence-electron chi connectivity index (χ1n) is 3.59. The third-order valence-electron chi connectivity index (χ3n) is 2.10. The summed E-state index contributed by atoms with van der Waals surface area (Å²) in [5.41, 5.74) is 5.34. The minimum Gasteiger partial charge on any atom is -0.375 e. The molecular formula is C7H15NO2. The number of nitrogens with two attached hydrogens (primary N) is 1. The minimum absolute atomic E-state index is 0.195. The van der Waals surface area contributed by atoms with Crippen LogP contribution in [0.3, 0.4) is 0 Å². The predicted octanol–water partition coefficient (Wildman–Crippen LogP) is 0.139. The van der Waals surface area contributed by atoms with Crippen LogP contribution in [0.15, 0.2) is 0 Å². The molecule has 0 amide bonds. The average Bonchev–Trinajstić information content (AvgIpc) is 2.33. The van der Waals surface area contributed by atoms with Crippen molar-refractivity contribution in [2.24, 2.45) is 5.73 Å². The number of rotatable bonds is 2. The van der Waals surface area contributed by atoms with E-state index in [1.807, 2.05) is 6.92 Å². The summed E-state index contributed by atoms with van der Waals surface area (Å²) in [6.07, 6.45) is 1.21. The first-order valence-corrected chi connectivity index (χ1v) is 3.59. The Bertz CT molecular complexity index is 112. The van der Waals surface area contributed by atoms with Gasteiger partial charge in [-0.25, -0.2) is 0 Å². The van der Waals surface area contributed by atoms with Gasteiger partial charge in [0.25, 0.3) is 0 Å². The van der Waals surface area contributed by atoms with E-state index in [1.165, 1.54) is 0 Å². The first-order chi connectivity index (χ1) is 4.72. The maximum absolute atomic E-state index is 5.54. The monoisotopic (exact) mass is 145 g/mol. The maximum atomic E-state index is 5.54. The standard InChI is InChI=1S/C7H15NO2/c1-6-3-7(4-8,9-2)5-10-6/h6H,3-5,8H2,1-2H3. The minimum atomic E-state index is -0.195. The van der Waals surface area contributed by atoms with Gasteiger partial charge in [0.15, 0.2) is 0 Å². The van der Waals surface area contributed by atoms with Crippen molar-refractivity contribution in [1.29, 1.82) is 0 Å². The Morgan fingerprint density at radius 2 is 2.50 bits per heavy atom. The van der Waals surface area contributed by atoms with Gasteiger partial charge in [0.1, 0.15) is 5.60 Å². The lowest BCUT2D eigenvalue weighted by atomic mass is 10.0. The molecule has 1 heterocycles. The number of hydrogen-bond acceptors (Lipinski definition) is 3. The van der Waals surface area contributed by atoms with E-state index in [0.29, 0.717) is 19.3 Å². The van der Waals surface area contributed by atoms with Crippen LogP contribution in [0.25, 0.3) is 0 Å². The van der Waals surface area contributed by atoms with E-state index in [0.717, 1.165) is 6.42 Å². The van der Waals surface area contributed by atoms with Crippen LogP contribution in [-0.4, -0.2) is 32.0 Å². The van der Waals surface area contributed by atoms with Gasteiger partial charge in [-0.3, -0.25) is 0 Å². The van der Waals surface area contributed by atoms with Gasteiger partial charge in [-0.2, -0.15) is 0 Å². The second-order valence-corrected chi connectivity index (χ2v) is 2.92. The van der Waals surface area contributed by atoms with Crippen molar-refractivity contribution < 1.29 is 9.47 Å². The van der Waals surface area contributed by atoms with Crippen molar-refractivity contribution in [3.63, 3.8) is 0 Å². The Kier molecular flexibility index (Phi) is 2.28. The van der Waals surface area contributed by atoms with Crippen molar-refractivity contribution in [2.45, 2.75) is 25.0 Å². The van der Waals surface area contributed by atoms with E-state index in [4.69, 9.17) is 15.2 Å². The molecule has 0 saturated carbocycles. The van der Waals surface area contributed by atoms with Gasteiger partial charge in [-0.05, 0) is 6.92 Å². The maximum Gasteiger partial charge on any atom is 0.106 e. The summed E-state index contributed by atoms with van der Waals surface area (Å²) >= 11 is 0. The SMILES string of the molecule is COC1(CN)COC(C)C1. The molecule has 0 bridgehead atoms. The van der Waals surface area contributed by atoms with Crippen LogP contribution >= 0.6 is 0 Å². The van der Waals surface area contributed by atoms with E-state index in [-0.39, 0.29) is 5.60 Å². The van der Waals surface area contributed by atoms with Crippen LogP contribution in [0.2, 0.25) is 0 Å². The zero-order valence-electron chi connectivity index (χ0n) is 6.59. The molecule has 1 saturated heterocycles. The molecule has 2 unspecified atom stereocenters. The number of hydrogen-bond donors (Lipinski definition) is 1. The zero-order chi connectivity index (χ0) is 7.61. The molecular weight excluding hydrogens is 130 g/mol. The summed E-state index contributed by atoms with van der Waals surface area (Å²) < 4.78 is 10.6. The first kappa shape index (κ1) is 7.98. The van der Waals surface area contributed by atoms with Crippen LogP contribution in [-0.2, 0) is 9.47 Å². The summed E-state index contributed by atoms with van der Waals surface area (Å²) in [6, 6.07) is 0. The van der Waals surface area contributed by atoms with E-state index < -0.39 is 0 Å². The molecule has 10 heavy (non-hydrogen) atoms. The van der Waals surface area contributed by atoms with Gasteiger partial charge < -0.3 is 15.2 Å². The molecule has 0 aromatic heterocycles. The lowest BCUT2D eigenvalue weighted by Crippen LogP contribution is -2.40. The normalized spacial score (nSPS) is 40.5. The smallest absolute Gasteiger partial charge is 0.106 e. The molecule has 2 atom stereocenters. The molecule has 1 aliphatic rings. The molecule has 1 aliphatic heterocycles. The lowest BCUT2D eigenvalue weighted by molar-refractivity contribution is -0.0109. The molecule has 1 fully saturated rings. The molecule has 0 aliphatic carbocycles. The molecule has 0 aromatic rings. The van der Waals surface area contributed by atoms with Crippen LogP contribution in [0.1, 0.15) is 13.3 Å². The lowest BCUT2D eigenvalue weighted by Gasteiger charge is -2.23. The zero-order valence-corrected chi connectivity index (χ0v) is 6.59. The highest BCUT2D eigenvalue weighted by molar-refractivity contribution is 4.88. The Labute approximate surface area is 61.5 Å². The largest absolute Gasteiger partial charge is 0.375 e. The average molecular weight is 145 g/mol. The van der Waals surface area contributed by atoms with E-state index >= 15 is 0 Å². The van der Waals surface area contributed by atoms with E-state index in [1.54, 1.807) is 7.11 Å². The number of methoxy groups -OCH3 is 1. The summed E-state index contributed by atoms with van der Waals surface area (Å²) in [7, 11) is 1.69. The Morgan fingerprint density at radius 1 is 1.80 bits per heavy atom. The van der Waals surface area contributed by atoms with Gasteiger partial charge in [-0.1, -0.05) is 0 Å². The summed E-state index contributed by atoms with van der Waals surface area (Å²) in [5.74, 6) is 0. The van der Waals surface area contributed by atoms with Crippen LogP contribution in [0.5, 0.6) is 0 Å². The van der Waals surface area contributed by atoms with Crippen molar-refractivity contribution in [3.05, 3.63) is 0 Å². The van der Waals surface area contributed by atoms with Crippen LogP contribution in [0, 0.1) is 0 Å². The molecule has 60 valence electrons. The fourth-order valence-corrected chi connectivity index (χ4v) is 1.30.